The summed E-state index contributed by atoms with van der Waals surface area (Å²) >= 11 is 0. The van der Waals surface area contributed by atoms with E-state index in [4.69, 9.17) is 4.84 Å². The van der Waals surface area contributed by atoms with Gasteiger partial charge in [0, 0.05) is 13.5 Å². The number of hydrogen-bond acceptors (Lipinski definition) is 4. The molecular formula is C25H33N3O4. The second kappa shape index (κ2) is 13.3. The first-order chi connectivity index (χ1) is 15.4. The third kappa shape index (κ3) is 8.51. The molecule has 2 atom stereocenters. The Morgan fingerprint density at radius 1 is 0.969 bits per heavy atom. The molecule has 0 aliphatic rings. The molecule has 2 aromatic rings. The van der Waals surface area contributed by atoms with Crippen LogP contribution in [0.1, 0.15) is 31.4 Å². The van der Waals surface area contributed by atoms with E-state index < -0.39 is 12.0 Å². The van der Waals surface area contributed by atoms with E-state index in [1.165, 1.54) is 0 Å². The zero-order chi connectivity index (χ0) is 23.3. The smallest absolute Gasteiger partial charge is 0.242 e. The first kappa shape index (κ1) is 25.1. The summed E-state index contributed by atoms with van der Waals surface area (Å²) < 4.78 is 0. The van der Waals surface area contributed by atoms with Crippen molar-refractivity contribution < 1.29 is 19.2 Å². The number of carbonyl (C=O) groups is 3. The fourth-order valence-electron chi connectivity index (χ4n) is 3.43. The second-order valence-electron chi connectivity index (χ2n) is 8.16. The van der Waals surface area contributed by atoms with Crippen molar-refractivity contribution in [3.8, 4) is 0 Å². The van der Waals surface area contributed by atoms with Crippen LogP contribution in [-0.2, 0) is 32.2 Å². The van der Waals surface area contributed by atoms with Crippen LogP contribution in [0.5, 0.6) is 0 Å². The lowest BCUT2D eigenvalue weighted by atomic mass is 9.95. The van der Waals surface area contributed by atoms with Gasteiger partial charge in [-0.15, -0.1) is 0 Å². The van der Waals surface area contributed by atoms with Crippen LogP contribution in [0.25, 0.3) is 0 Å². The van der Waals surface area contributed by atoms with Crippen molar-refractivity contribution in [3.05, 3.63) is 71.8 Å². The quantitative estimate of drug-likeness (QED) is 0.371. The number of nitrogens with zero attached hydrogens (tertiary/aromatic N) is 1. The topological polar surface area (TPSA) is 87.7 Å². The number of benzene rings is 2. The van der Waals surface area contributed by atoms with Gasteiger partial charge in [0.1, 0.15) is 12.6 Å². The maximum atomic E-state index is 13.1. The molecule has 0 bridgehead atoms. The predicted molar refractivity (Wildman–Crippen MR) is 123 cm³/mol. The van der Waals surface area contributed by atoms with Gasteiger partial charge >= 0.3 is 0 Å². The van der Waals surface area contributed by atoms with Gasteiger partial charge in [-0.05, 0) is 23.5 Å². The number of amides is 3. The van der Waals surface area contributed by atoms with Crippen LogP contribution >= 0.6 is 0 Å². The molecule has 0 aromatic heterocycles. The Bertz CT molecular complexity index is 843. The summed E-state index contributed by atoms with van der Waals surface area (Å²) in [7, 11) is 1.55. The van der Waals surface area contributed by atoms with Gasteiger partial charge in [-0.1, -0.05) is 74.5 Å². The number of rotatable bonds is 13. The predicted octanol–water partition coefficient (Wildman–Crippen LogP) is 2.71. The summed E-state index contributed by atoms with van der Waals surface area (Å²) in [5.41, 5.74) is 1.87. The summed E-state index contributed by atoms with van der Waals surface area (Å²) in [4.78, 5) is 42.8. The van der Waals surface area contributed by atoms with Crippen molar-refractivity contribution in [2.45, 2.75) is 39.3 Å². The highest BCUT2D eigenvalue weighted by Gasteiger charge is 2.27. The van der Waals surface area contributed by atoms with E-state index in [1.807, 2.05) is 74.5 Å². The fourth-order valence-corrected chi connectivity index (χ4v) is 3.43. The van der Waals surface area contributed by atoms with Gasteiger partial charge in [0.15, 0.2) is 0 Å². The van der Waals surface area contributed by atoms with Crippen LogP contribution in [0.15, 0.2) is 60.7 Å². The van der Waals surface area contributed by atoms with Crippen LogP contribution in [0.4, 0.5) is 0 Å². The van der Waals surface area contributed by atoms with E-state index in [2.05, 4.69) is 10.6 Å². The molecule has 0 unspecified atom stereocenters. The van der Waals surface area contributed by atoms with Crippen LogP contribution in [0.3, 0.4) is 0 Å². The molecule has 2 N–H and O–H groups in total. The molecule has 3 amide bonds. The Labute approximate surface area is 190 Å². The highest BCUT2D eigenvalue weighted by molar-refractivity contribution is 5.88. The lowest BCUT2D eigenvalue weighted by Crippen LogP contribution is -2.50. The van der Waals surface area contributed by atoms with Crippen molar-refractivity contribution in [2.24, 2.45) is 11.8 Å². The SMILES string of the molecule is CNC(=O)[C@H](Cc1ccccc1)NC(=O)[C@H](CC(C)C)CN(C=O)OCc1ccccc1. The van der Waals surface area contributed by atoms with E-state index in [9.17, 15) is 14.4 Å². The largest absolute Gasteiger partial charge is 0.357 e. The molecule has 0 aliphatic heterocycles. The molecule has 32 heavy (non-hydrogen) atoms. The Balaban J connectivity index is 2.06. The minimum absolute atomic E-state index is 0.103. The van der Waals surface area contributed by atoms with E-state index in [1.54, 1.807) is 7.05 Å². The molecule has 2 rings (SSSR count). The second-order valence-corrected chi connectivity index (χ2v) is 8.16. The number of hydroxylamine groups is 2. The zero-order valence-corrected chi connectivity index (χ0v) is 19.0. The first-order valence-corrected chi connectivity index (χ1v) is 10.9. The van der Waals surface area contributed by atoms with Crippen molar-refractivity contribution >= 4 is 18.2 Å². The average Bonchev–Trinajstić information content (AvgIpc) is 2.81. The minimum atomic E-state index is -0.709. The minimum Gasteiger partial charge on any atom is -0.357 e. The monoisotopic (exact) mass is 439 g/mol. The van der Waals surface area contributed by atoms with Crippen molar-refractivity contribution in [3.63, 3.8) is 0 Å². The van der Waals surface area contributed by atoms with Crippen LogP contribution in [-0.4, -0.2) is 42.9 Å². The molecule has 0 heterocycles. The highest BCUT2D eigenvalue weighted by Crippen LogP contribution is 2.15. The molecule has 0 radical (unpaired) electrons. The molecule has 7 heteroatoms. The third-order valence-electron chi connectivity index (χ3n) is 5.05. The summed E-state index contributed by atoms with van der Waals surface area (Å²) in [6.45, 7) is 4.35. The Kier molecular flexibility index (Phi) is 10.4. The van der Waals surface area contributed by atoms with Gasteiger partial charge in [0.2, 0.25) is 18.2 Å². The number of hydrogen-bond donors (Lipinski definition) is 2. The molecule has 2 aromatic carbocycles. The molecule has 0 saturated carbocycles. The molecule has 0 saturated heterocycles. The van der Waals surface area contributed by atoms with Gasteiger partial charge < -0.3 is 10.6 Å². The van der Waals surface area contributed by atoms with Gasteiger partial charge in [-0.2, -0.15) is 0 Å². The van der Waals surface area contributed by atoms with Crippen molar-refractivity contribution in [1.29, 1.82) is 0 Å². The number of likely N-dealkylation sites (N-methyl/N-ethyl adjacent to an activating group) is 1. The Hall–Kier alpha value is -3.19. The third-order valence-corrected chi connectivity index (χ3v) is 5.05. The summed E-state index contributed by atoms with van der Waals surface area (Å²) in [6.07, 6.45) is 1.52. The Morgan fingerprint density at radius 2 is 1.56 bits per heavy atom. The Morgan fingerprint density at radius 3 is 2.09 bits per heavy atom. The normalized spacial score (nSPS) is 12.6. The molecular weight excluding hydrogens is 406 g/mol. The molecule has 0 aliphatic carbocycles. The van der Waals surface area contributed by atoms with E-state index >= 15 is 0 Å². The number of nitrogens with one attached hydrogen (secondary N) is 2. The van der Waals surface area contributed by atoms with Crippen LogP contribution in [0, 0.1) is 11.8 Å². The molecule has 0 spiro atoms. The first-order valence-electron chi connectivity index (χ1n) is 10.9. The van der Waals surface area contributed by atoms with Gasteiger partial charge in [-0.25, -0.2) is 5.06 Å². The van der Waals surface area contributed by atoms with Crippen LogP contribution < -0.4 is 10.6 Å². The lowest BCUT2D eigenvalue weighted by Gasteiger charge is -2.26. The molecule has 0 fully saturated rings. The molecule has 172 valence electrons. The average molecular weight is 440 g/mol. The summed E-state index contributed by atoms with van der Waals surface area (Å²) in [6, 6.07) is 18.3. The number of carbonyl (C=O) groups excluding carboxylic acids is 3. The summed E-state index contributed by atoms with van der Waals surface area (Å²) in [5, 5.41) is 6.65. The van der Waals surface area contributed by atoms with Gasteiger partial charge in [-0.3, -0.25) is 19.2 Å². The maximum absolute atomic E-state index is 13.1. The van der Waals surface area contributed by atoms with Gasteiger partial charge in [0.05, 0.1) is 12.5 Å². The standard InChI is InChI=1S/C25H33N3O4/c1-19(2)14-22(16-28(18-29)32-17-21-12-8-5-9-13-21)24(30)27-23(25(31)26-3)15-20-10-6-4-7-11-20/h4-13,18-19,22-23H,14-17H2,1-3H3,(H,26,31)(H,27,30)/t22-,23+/m1/s1. The van der Waals surface area contributed by atoms with E-state index in [-0.39, 0.29) is 30.9 Å². The van der Waals surface area contributed by atoms with E-state index in [0.717, 1.165) is 16.2 Å². The van der Waals surface area contributed by atoms with Crippen LogP contribution in [0.2, 0.25) is 0 Å². The lowest BCUT2D eigenvalue weighted by molar-refractivity contribution is -0.182. The fraction of sp³-hybridized carbons (Fsp3) is 0.400. The van der Waals surface area contributed by atoms with E-state index in [0.29, 0.717) is 19.3 Å². The van der Waals surface area contributed by atoms with Crippen molar-refractivity contribution in [1.82, 2.24) is 15.7 Å². The highest BCUT2D eigenvalue weighted by atomic mass is 16.7. The zero-order valence-electron chi connectivity index (χ0n) is 19.0. The summed E-state index contributed by atoms with van der Waals surface area (Å²) in [5.74, 6) is -0.837. The van der Waals surface area contributed by atoms with Crippen molar-refractivity contribution in [2.75, 3.05) is 13.6 Å². The molecule has 7 nitrogen and oxygen atoms in total. The van der Waals surface area contributed by atoms with Gasteiger partial charge in [0.25, 0.3) is 0 Å². The maximum Gasteiger partial charge on any atom is 0.242 e.